The highest BCUT2D eigenvalue weighted by Crippen LogP contribution is 2.33. The summed E-state index contributed by atoms with van der Waals surface area (Å²) in [6.45, 7) is 2.09. The van der Waals surface area contributed by atoms with Gasteiger partial charge in [-0.25, -0.2) is 9.97 Å². The van der Waals surface area contributed by atoms with Gasteiger partial charge in [0.25, 0.3) is 0 Å². The van der Waals surface area contributed by atoms with Crippen LogP contribution in [0.15, 0.2) is 63.8 Å². The summed E-state index contributed by atoms with van der Waals surface area (Å²) in [6.07, 6.45) is 0. The molecule has 0 amide bonds. The van der Waals surface area contributed by atoms with E-state index < -0.39 is 0 Å². The van der Waals surface area contributed by atoms with Gasteiger partial charge >= 0.3 is 0 Å². The van der Waals surface area contributed by atoms with E-state index in [0.29, 0.717) is 0 Å². The molecule has 0 unspecified atom stereocenters. The minimum atomic E-state index is 0.969. The lowest BCUT2D eigenvalue weighted by Gasteiger charge is -1.97. The van der Waals surface area contributed by atoms with Crippen LogP contribution in [0.2, 0.25) is 0 Å². The summed E-state index contributed by atoms with van der Waals surface area (Å²) in [6, 6.07) is 16.7. The molecule has 4 aromatic rings. The quantitative estimate of drug-likeness (QED) is 0.375. The molecule has 0 aliphatic rings. The minimum Gasteiger partial charge on any atom is -0.233 e. The van der Waals surface area contributed by atoms with Gasteiger partial charge in [-0.15, -0.1) is 22.7 Å². The average Bonchev–Trinajstić information content (AvgIpc) is 3.25. The van der Waals surface area contributed by atoms with Crippen molar-refractivity contribution in [2.45, 2.75) is 6.92 Å². The highest BCUT2D eigenvalue weighted by Gasteiger charge is 2.11. The molecule has 0 bridgehead atoms. The number of hydrogen-bond acceptors (Lipinski definition) is 4. The maximum atomic E-state index is 4.76. The molecule has 0 fully saturated rings. The predicted octanol–water partition coefficient (Wildman–Crippen LogP) is 6.67. The third kappa shape index (κ3) is 3.20. The van der Waals surface area contributed by atoms with Gasteiger partial charge in [0, 0.05) is 26.4 Å². The Morgan fingerprint density at radius 2 is 1.17 bits per heavy atom. The summed E-state index contributed by atoms with van der Waals surface area (Å²) in [7, 11) is 0. The molecule has 5 heteroatoms. The molecule has 0 saturated heterocycles. The second-order valence-corrected chi connectivity index (χ2v) is 8.08. The van der Waals surface area contributed by atoms with Crippen LogP contribution < -0.4 is 0 Å². The second-order valence-electron chi connectivity index (χ2n) is 5.45. The summed E-state index contributed by atoms with van der Waals surface area (Å²) >= 11 is 6.74. The van der Waals surface area contributed by atoms with Crippen LogP contribution in [0, 0.1) is 6.92 Å². The van der Waals surface area contributed by atoms with Crippen molar-refractivity contribution in [1.82, 2.24) is 9.97 Å². The number of aromatic nitrogens is 2. The molecule has 2 heterocycles. The van der Waals surface area contributed by atoms with Crippen molar-refractivity contribution >= 4 is 38.6 Å². The average molecular weight is 413 g/mol. The molecule has 0 aliphatic heterocycles. The van der Waals surface area contributed by atoms with Gasteiger partial charge in [0.05, 0.1) is 11.4 Å². The third-order valence-electron chi connectivity index (χ3n) is 3.68. The van der Waals surface area contributed by atoms with Gasteiger partial charge in [-0.05, 0) is 19.1 Å². The van der Waals surface area contributed by atoms with E-state index in [4.69, 9.17) is 9.97 Å². The summed E-state index contributed by atoms with van der Waals surface area (Å²) in [4.78, 5) is 9.51. The molecule has 0 aliphatic carbocycles. The fourth-order valence-electron chi connectivity index (χ4n) is 2.35. The van der Waals surface area contributed by atoms with E-state index in [1.54, 1.807) is 22.7 Å². The van der Waals surface area contributed by atoms with Crippen LogP contribution >= 0.6 is 38.6 Å². The summed E-state index contributed by atoms with van der Waals surface area (Å²) < 4.78 is 1.07. The van der Waals surface area contributed by atoms with E-state index in [2.05, 4.69) is 70.0 Å². The van der Waals surface area contributed by atoms with E-state index in [1.807, 2.05) is 12.1 Å². The van der Waals surface area contributed by atoms with Gasteiger partial charge in [-0.1, -0.05) is 57.9 Å². The maximum absolute atomic E-state index is 4.76. The van der Waals surface area contributed by atoms with Crippen molar-refractivity contribution in [2.75, 3.05) is 0 Å². The molecule has 0 N–H and O–H groups in total. The van der Waals surface area contributed by atoms with Gasteiger partial charge in [-0.2, -0.15) is 0 Å². The van der Waals surface area contributed by atoms with Crippen molar-refractivity contribution in [2.24, 2.45) is 0 Å². The standard InChI is InChI=1S/C19H13BrN2S2/c1-12-2-4-13(5-3-12)16-10-23-18(21-16)19-22-17(11-24-19)14-6-8-15(20)9-7-14/h2-11H,1H3. The summed E-state index contributed by atoms with van der Waals surface area (Å²) in [5.41, 5.74) is 5.53. The normalized spacial score (nSPS) is 10.9. The van der Waals surface area contributed by atoms with Crippen LogP contribution in [0.5, 0.6) is 0 Å². The van der Waals surface area contributed by atoms with Crippen LogP contribution in [0.3, 0.4) is 0 Å². The Kier molecular flexibility index (Phi) is 4.31. The Morgan fingerprint density at radius 1 is 0.708 bits per heavy atom. The smallest absolute Gasteiger partial charge is 0.152 e. The lowest BCUT2D eigenvalue weighted by molar-refractivity contribution is 1.34. The van der Waals surface area contributed by atoms with Crippen molar-refractivity contribution in [3.8, 4) is 32.5 Å². The number of hydrogen-bond donors (Lipinski definition) is 0. The van der Waals surface area contributed by atoms with E-state index in [-0.39, 0.29) is 0 Å². The molecule has 0 saturated carbocycles. The van der Waals surface area contributed by atoms with E-state index in [1.165, 1.54) is 5.56 Å². The largest absolute Gasteiger partial charge is 0.233 e. The zero-order valence-corrected chi connectivity index (χ0v) is 16.1. The highest BCUT2D eigenvalue weighted by molar-refractivity contribution is 9.10. The van der Waals surface area contributed by atoms with Crippen molar-refractivity contribution in [3.05, 3.63) is 69.3 Å². The van der Waals surface area contributed by atoms with Gasteiger partial charge in [0.15, 0.2) is 10.0 Å². The Balaban J connectivity index is 1.63. The van der Waals surface area contributed by atoms with Crippen LogP contribution in [-0.2, 0) is 0 Å². The molecule has 2 aromatic heterocycles. The molecule has 118 valence electrons. The molecular weight excluding hydrogens is 400 g/mol. The minimum absolute atomic E-state index is 0.969. The van der Waals surface area contributed by atoms with Gasteiger partial charge in [-0.3, -0.25) is 0 Å². The first-order valence-corrected chi connectivity index (χ1v) is 9.99. The fraction of sp³-hybridized carbons (Fsp3) is 0.0526. The Hall–Kier alpha value is -1.82. The van der Waals surface area contributed by atoms with Gasteiger partial charge < -0.3 is 0 Å². The van der Waals surface area contributed by atoms with E-state index in [9.17, 15) is 0 Å². The predicted molar refractivity (Wildman–Crippen MR) is 107 cm³/mol. The summed E-state index contributed by atoms with van der Waals surface area (Å²) in [5, 5.41) is 6.13. The number of benzene rings is 2. The summed E-state index contributed by atoms with van der Waals surface area (Å²) in [5.74, 6) is 0. The first-order valence-electron chi connectivity index (χ1n) is 7.43. The third-order valence-corrected chi connectivity index (χ3v) is 6.03. The topological polar surface area (TPSA) is 25.8 Å². The van der Waals surface area contributed by atoms with E-state index >= 15 is 0 Å². The first kappa shape index (κ1) is 15.7. The molecule has 2 aromatic carbocycles. The molecule has 0 atom stereocenters. The molecule has 4 rings (SSSR count). The van der Waals surface area contributed by atoms with Crippen molar-refractivity contribution < 1.29 is 0 Å². The van der Waals surface area contributed by atoms with Gasteiger partial charge in [0.2, 0.25) is 0 Å². The van der Waals surface area contributed by atoms with Crippen LogP contribution in [0.25, 0.3) is 32.5 Å². The molecule has 24 heavy (non-hydrogen) atoms. The van der Waals surface area contributed by atoms with E-state index in [0.717, 1.165) is 37.0 Å². The van der Waals surface area contributed by atoms with Crippen LogP contribution in [0.1, 0.15) is 5.56 Å². The molecule has 0 radical (unpaired) electrons. The fourth-order valence-corrected chi connectivity index (χ4v) is 4.33. The van der Waals surface area contributed by atoms with Crippen molar-refractivity contribution in [1.29, 1.82) is 0 Å². The monoisotopic (exact) mass is 412 g/mol. The van der Waals surface area contributed by atoms with Gasteiger partial charge in [0.1, 0.15) is 0 Å². The Bertz CT molecular complexity index is 888. The van der Waals surface area contributed by atoms with Crippen LogP contribution in [-0.4, -0.2) is 9.97 Å². The number of thiazole rings is 2. The number of nitrogens with zero attached hydrogens (tertiary/aromatic N) is 2. The Labute approximate surface area is 157 Å². The molecule has 0 spiro atoms. The SMILES string of the molecule is Cc1ccc(-c2csc(-c3nc(-c4ccc(Br)cc4)cs3)n2)cc1. The van der Waals surface area contributed by atoms with Crippen LogP contribution in [0.4, 0.5) is 0 Å². The zero-order chi connectivity index (χ0) is 16.5. The maximum Gasteiger partial charge on any atom is 0.152 e. The number of halogens is 1. The first-order chi connectivity index (χ1) is 11.7. The van der Waals surface area contributed by atoms with Crippen molar-refractivity contribution in [3.63, 3.8) is 0 Å². The number of aryl methyl sites for hydroxylation is 1. The molecule has 2 nitrogen and oxygen atoms in total. The lowest BCUT2D eigenvalue weighted by Crippen LogP contribution is -1.81. The Morgan fingerprint density at radius 3 is 1.67 bits per heavy atom. The zero-order valence-electron chi connectivity index (χ0n) is 12.9. The number of rotatable bonds is 3. The lowest BCUT2D eigenvalue weighted by atomic mass is 10.1. The second kappa shape index (κ2) is 6.59. The highest BCUT2D eigenvalue weighted by atomic mass is 79.9. The molecular formula is C19H13BrN2S2.